The number of nitrogens with zero attached hydrogens (tertiary/aromatic N) is 2. The van der Waals surface area contributed by atoms with Crippen molar-refractivity contribution in [2.45, 2.75) is 26.4 Å². The zero-order valence-corrected chi connectivity index (χ0v) is 15.1. The van der Waals surface area contributed by atoms with Crippen molar-refractivity contribution in [3.8, 4) is 0 Å². The Hall–Kier alpha value is -2.83. The lowest BCUT2D eigenvalue weighted by Gasteiger charge is -2.28. The van der Waals surface area contributed by atoms with E-state index < -0.39 is 11.7 Å². The second-order valence-corrected chi connectivity index (χ2v) is 6.53. The van der Waals surface area contributed by atoms with Crippen molar-refractivity contribution in [3.05, 3.63) is 64.9 Å². The first kappa shape index (κ1) is 18.9. The predicted octanol–water partition coefficient (Wildman–Crippen LogP) is 4.49. The van der Waals surface area contributed by atoms with Crippen molar-refractivity contribution in [1.29, 1.82) is 0 Å². The first-order valence-electron chi connectivity index (χ1n) is 8.60. The highest BCUT2D eigenvalue weighted by molar-refractivity contribution is 6.04. The summed E-state index contributed by atoms with van der Waals surface area (Å²) in [5, 5.41) is 2.66. The third-order valence-corrected chi connectivity index (χ3v) is 4.72. The number of benzene rings is 1. The number of carbonyl (C=O) groups is 1. The molecule has 0 radical (unpaired) electrons. The van der Waals surface area contributed by atoms with E-state index in [-0.39, 0.29) is 5.91 Å². The summed E-state index contributed by atoms with van der Waals surface area (Å²) in [6, 6.07) is 6.39. The zero-order valence-electron chi connectivity index (χ0n) is 15.1. The molecule has 0 saturated heterocycles. The summed E-state index contributed by atoms with van der Waals surface area (Å²) in [7, 11) is 0. The molecule has 1 aliphatic rings. The van der Waals surface area contributed by atoms with Gasteiger partial charge in [0.15, 0.2) is 0 Å². The number of anilines is 2. The normalized spacial score (nSPS) is 14.7. The van der Waals surface area contributed by atoms with E-state index in [4.69, 9.17) is 0 Å². The Bertz CT molecular complexity index is 873. The number of nitrogens with one attached hydrogen (secondary N) is 1. The Kier molecular flexibility index (Phi) is 5.21. The van der Waals surface area contributed by atoms with Crippen molar-refractivity contribution in [2.75, 3.05) is 23.3 Å². The van der Waals surface area contributed by atoms with E-state index in [9.17, 15) is 18.0 Å². The summed E-state index contributed by atoms with van der Waals surface area (Å²) in [5.74, 6) is 0.622. The van der Waals surface area contributed by atoms with Crippen LogP contribution in [0.3, 0.4) is 0 Å². The molecule has 0 aliphatic carbocycles. The number of aryl methyl sites for hydroxylation is 1. The van der Waals surface area contributed by atoms with Crippen molar-refractivity contribution < 1.29 is 18.0 Å². The van der Waals surface area contributed by atoms with Crippen LogP contribution in [0.25, 0.3) is 0 Å². The largest absolute Gasteiger partial charge is 0.416 e. The minimum absolute atomic E-state index is 0.289. The molecule has 1 N–H and O–H groups in total. The lowest BCUT2D eigenvalue weighted by molar-refractivity contribution is -0.137. The van der Waals surface area contributed by atoms with Crippen molar-refractivity contribution in [3.63, 3.8) is 0 Å². The topological polar surface area (TPSA) is 45.2 Å². The van der Waals surface area contributed by atoms with Gasteiger partial charge in [0, 0.05) is 30.5 Å². The van der Waals surface area contributed by atoms with Gasteiger partial charge in [0.25, 0.3) is 5.91 Å². The highest BCUT2D eigenvalue weighted by Gasteiger charge is 2.30. The molecule has 27 heavy (non-hydrogen) atoms. The van der Waals surface area contributed by atoms with Gasteiger partial charge in [-0.1, -0.05) is 6.08 Å². The molecule has 0 saturated carbocycles. The molecule has 1 aromatic carbocycles. The maximum Gasteiger partial charge on any atom is 0.416 e. The first-order valence-corrected chi connectivity index (χ1v) is 8.60. The molecule has 0 fully saturated rings. The van der Waals surface area contributed by atoms with Gasteiger partial charge in [-0.25, -0.2) is 4.98 Å². The van der Waals surface area contributed by atoms with E-state index >= 15 is 0 Å². The van der Waals surface area contributed by atoms with Crippen LogP contribution in [0.1, 0.15) is 23.1 Å². The monoisotopic (exact) mass is 375 g/mol. The standard InChI is InChI=1S/C20H20F3N3O/c1-13-7-10-24-18(14(13)2)26-11-8-15(9-12-26)19(27)25-17-5-3-16(4-6-17)20(21,22)23/h3-8,10H,9,11-12H2,1-2H3,(H,25,27). The van der Waals surface area contributed by atoms with E-state index in [0.29, 0.717) is 30.8 Å². The Labute approximate surface area is 155 Å². The fourth-order valence-electron chi connectivity index (χ4n) is 2.96. The molecule has 0 unspecified atom stereocenters. The van der Waals surface area contributed by atoms with Crippen LogP contribution in [0.2, 0.25) is 0 Å². The molecule has 0 bridgehead atoms. The van der Waals surface area contributed by atoms with Crippen LogP contribution in [0.4, 0.5) is 24.7 Å². The van der Waals surface area contributed by atoms with Gasteiger partial charge in [-0.3, -0.25) is 4.79 Å². The molecule has 4 nitrogen and oxygen atoms in total. The van der Waals surface area contributed by atoms with E-state index in [1.165, 1.54) is 12.1 Å². The van der Waals surface area contributed by atoms with Crippen LogP contribution >= 0.6 is 0 Å². The molecule has 142 valence electrons. The van der Waals surface area contributed by atoms with Crippen LogP contribution in [-0.2, 0) is 11.0 Å². The molecular weight excluding hydrogens is 355 g/mol. The lowest BCUT2D eigenvalue weighted by atomic mass is 10.1. The average molecular weight is 375 g/mol. The third kappa shape index (κ3) is 4.30. The fraction of sp³-hybridized carbons (Fsp3) is 0.300. The number of alkyl halides is 3. The fourth-order valence-corrected chi connectivity index (χ4v) is 2.96. The van der Waals surface area contributed by atoms with Crippen LogP contribution in [0.5, 0.6) is 0 Å². The lowest BCUT2D eigenvalue weighted by Crippen LogP contribution is -2.32. The maximum atomic E-state index is 12.6. The molecule has 0 atom stereocenters. The summed E-state index contributed by atoms with van der Waals surface area (Å²) >= 11 is 0. The zero-order chi connectivity index (χ0) is 19.6. The molecule has 1 amide bonds. The molecule has 2 aromatic rings. The summed E-state index contributed by atoms with van der Waals surface area (Å²) in [6.07, 6.45) is -0.234. The SMILES string of the molecule is Cc1ccnc(N2CC=C(C(=O)Nc3ccc(C(F)(F)F)cc3)CC2)c1C. The van der Waals surface area contributed by atoms with Gasteiger partial charge in [0.2, 0.25) is 0 Å². The number of halogens is 3. The van der Waals surface area contributed by atoms with Gasteiger partial charge < -0.3 is 10.2 Å². The van der Waals surface area contributed by atoms with E-state index in [0.717, 1.165) is 29.1 Å². The number of amides is 1. The Morgan fingerprint density at radius 3 is 2.44 bits per heavy atom. The van der Waals surface area contributed by atoms with Crippen molar-refractivity contribution in [2.24, 2.45) is 0 Å². The van der Waals surface area contributed by atoms with Crippen LogP contribution < -0.4 is 10.2 Å². The van der Waals surface area contributed by atoms with Crippen LogP contribution in [0, 0.1) is 13.8 Å². The van der Waals surface area contributed by atoms with Gasteiger partial charge in [-0.05, 0) is 61.7 Å². The summed E-state index contributed by atoms with van der Waals surface area (Å²) in [5.41, 5.74) is 2.50. The number of aromatic nitrogens is 1. The molecule has 3 rings (SSSR count). The summed E-state index contributed by atoms with van der Waals surface area (Å²) in [6.45, 7) is 5.27. The predicted molar refractivity (Wildman–Crippen MR) is 98.7 cm³/mol. The quantitative estimate of drug-likeness (QED) is 0.860. The van der Waals surface area contributed by atoms with Crippen molar-refractivity contribution >= 4 is 17.4 Å². The van der Waals surface area contributed by atoms with Crippen LogP contribution in [-0.4, -0.2) is 24.0 Å². The van der Waals surface area contributed by atoms with Gasteiger partial charge in [-0.2, -0.15) is 13.2 Å². The Morgan fingerprint density at radius 2 is 1.85 bits per heavy atom. The number of rotatable bonds is 3. The summed E-state index contributed by atoms with van der Waals surface area (Å²) in [4.78, 5) is 18.9. The second-order valence-electron chi connectivity index (χ2n) is 6.53. The van der Waals surface area contributed by atoms with Crippen molar-refractivity contribution in [1.82, 2.24) is 4.98 Å². The van der Waals surface area contributed by atoms with E-state index in [1.807, 2.05) is 26.0 Å². The van der Waals surface area contributed by atoms with Gasteiger partial charge in [0.05, 0.1) is 5.56 Å². The van der Waals surface area contributed by atoms with E-state index in [2.05, 4.69) is 15.2 Å². The highest BCUT2D eigenvalue weighted by Crippen LogP contribution is 2.30. The molecule has 7 heteroatoms. The Balaban J connectivity index is 1.65. The third-order valence-electron chi connectivity index (χ3n) is 4.72. The minimum Gasteiger partial charge on any atom is -0.352 e. The van der Waals surface area contributed by atoms with Gasteiger partial charge >= 0.3 is 6.18 Å². The number of hydrogen-bond donors (Lipinski definition) is 1. The molecule has 1 aromatic heterocycles. The second kappa shape index (κ2) is 7.42. The highest BCUT2D eigenvalue weighted by atomic mass is 19.4. The number of pyridine rings is 1. The molecular formula is C20H20F3N3O. The number of hydrogen-bond acceptors (Lipinski definition) is 3. The van der Waals surface area contributed by atoms with Crippen LogP contribution in [0.15, 0.2) is 48.2 Å². The van der Waals surface area contributed by atoms with Gasteiger partial charge in [-0.15, -0.1) is 0 Å². The minimum atomic E-state index is -4.39. The first-order chi connectivity index (χ1) is 12.8. The maximum absolute atomic E-state index is 12.6. The summed E-state index contributed by atoms with van der Waals surface area (Å²) < 4.78 is 37.8. The average Bonchev–Trinajstić information content (AvgIpc) is 2.64. The molecule has 1 aliphatic heterocycles. The Morgan fingerprint density at radius 1 is 1.15 bits per heavy atom. The number of carbonyl (C=O) groups excluding carboxylic acids is 1. The molecule has 2 heterocycles. The van der Waals surface area contributed by atoms with E-state index in [1.54, 1.807) is 6.20 Å². The molecule has 0 spiro atoms. The van der Waals surface area contributed by atoms with Gasteiger partial charge in [0.1, 0.15) is 5.82 Å². The smallest absolute Gasteiger partial charge is 0.352 e.